The molecule has 0 aliphatic carbocycles. The van der Waals surface area contributed by atoms with E-state index in [0.29, 0.717) is 0 Å². The van der Waals surface area contributed by atoms with Gasteiger partial charge in [-0.15, -0.1) is 11.3 Å². The predicted molar refractivity (Wildman–Crippen MR) is 97.7 cm³/mol. The molecule has 0 unspecified atom stereocenters. The van der Waals surface area contributed by atoms with E-state index in [1.54, 1.807) is 11.3 Å². The van der Waals surface area contributed by atoms with Crippen LogP contribution in [0.1, 0.15) is 22.1 Å². The zero-order valence-corrected chi connectivity index (χ0v) is 14.4. The molecule has 2 N–H and O–H groups in total. The van der Waals surface area contributed by atoms with Gasteiger partial charge in [-0.05, 0) is 23.3 Å². The maximum absolute atomic E-state index is 12.6. The lowest BCUT2D eigenvalue weighted by Gasteiger charge is -2.26. The van der Waals surface area contributed by atoms with Crippen molar-refractivity contribution in [1.82, 2.24) is 5.32 Å². The van der Waals surface area contributed by atoms with Crippen molar-refractivity contribution >= 4 is 38.2 Å². The molecular formula is C18H13BrN2OS. The van der Waals surface area contributed by atoms with Crippen LogP contribution < -0.4 is 10.6 Å². The summed E-state index contributed by atoms with van der Waals surface area (Å²) >= 11 is 5.00. The van der Waals surface area contributed by atoms with E-state index < -0.39 is 0 Å². The van der Waals surface area contributed by atoms with Crippen molar-refractivity contribution in [3.8, 4) is 11.1 Å². The molecule has 1 aliphatic rings. The van der Waals surface area contributed by atoms with Gasteiger partial charge in [0.15, 0.2) is 0 Å². The molecule has 2 heterocycles. The molecule has 0 saturated carbocycles. The number of amides is 1. The first-order valence-corrected chi connectivity index (χ1v) is 8.89. The minimum absolute atomic E-state index is 0.0354. The molecule has 23 heavy (non-hydrogen) atoms. The third-order valence-electron chi connectivity index (χ3n) is 3.86. The molecule has 2 aromatic carbocycles. The second kappa shape index (κ2) is 5.83. The smallest absolute Gasteiger partial charge is 0.256 e. The molecule has 1 atom stereocenters. The van der Waals surface area contributed by atoms with Crippen LogP contribution in [0.2, 0.25) is 0 Å². The SMILES string of the molecule is O=C1N[C@@H](c2ccc(Br)cc2)Nc2scc(-c3ccccc3)c21. The summed E-state index contributed by atoms with van der Waals surface area (Å²) in [5, 5.41) is 9.43. The number of anilines is 1. The highest BCUT2D eigenvalue weighted by Gasteiger charge is 2.29. The molecule has 0 saturated heterocycles. The largest absolute Gasteiger partial charge is 0.353 e. The standard InChI is InChI=1S/C18H13BrN2OS/c19-13-8-6-12(7-9-13)16-20-17(22)15-14(10-23-18(15)21-16)11-4-2-1-3-5-11/h1-10,16,21H,(H,20,22)/t16-/m1/s1. The van der Waals surface area contributed by atoms with Gasteiger partial charge in [0.1, 0.15) is 11.2 Å². The number of fused-ring (bicyclic) bond motifs is 1. The van der Waals surface area contributed by atoms with Gasteiger partial charge in [-0.2, -0.15) is 0 Å². The van der Waals surface area contributed by atoms with E-state index in [9.17, 15) is 4.79 Å². The Labute approximate surface area is 146 Å². The minimum atomic E-state index is -0.203. The topological polar surface area (TPSA) is 41.1 Å². The number of thiophene rings is 1. The normalized spacial score (nSPS) is 16.4. The summed E-state index contributed by atoms with van der Waals surface area (Å²) in [5.41, 5.74) is 3.80. The van der Waals surface area contributed by atoms with Gasteiger partial charge in [0.25, 0.3) is 5.91 Å². The molecule has 4 rings (SSSR count). The van der Waals surface area contributed by atoms with Gasteiger partial charge in [-0.1, -0.05) is 58.4 Å². The van der Waals surface area contributed by atoms with Crippen LogP contribution >= 0.6 is 27.3 Å². The molecule has 1 amide bonds. The number of rotatable bonds is 2. The number of halogens is 1. The van der Waals surface area contributed by atoms with E-state index in [1.807, 2.05) is 60.0 Å². The first-order chi connectivity index (χ1) is 11.2. The Morgan fingerprint density at radius 1 is 0.957 bits per heavy atom. The van der Waals surface area contributed by atoms with Crippen molar-refractivity contribution in [2.75, 3.05) is 5.32 Å². The lowest BCUT2D eigenvalue weighted by molar-refractivity contribution is 0.0937. The van der Waals surface area contributed by atoms with Crippen LogP contribution in [-0.4, -0.2) is 5.91 Å². The third kappa shape index (κ3) is 2.66. The molecular weight excluding hydrogens is 372 g/mol. The van der Waals surface area contributed by atoms with Gasteiger partial charge in [0.05, 0.1) is 5.56 Å². The molecule has 0 spiro atoms. The fraction of sp³-hybridized carbons (Fsp3) is 0.0556. The summed E-state index contributed by atoms with van der Waals surface area (Å²) < 4.78 is 1.02. The van der Waals surface area contributed by atoms with Crippen LogP contribution in [0.4, 0.5) is 5.00 Å². The highest BCUT2D eigenvalue weighted by molar-refractivity contribution is 9.10. The van der Waals surface area contributed by atoms with Crippen molar-refractivity contribution in [2.24, 2.45) is 0 Å². The van der Waals surface area contributed by atoms with E-state index in [4.69, 9.17) is 0 Å². The Morgan fingerprint density at radius 3 is 2.43 bits per heavy atom. The van der Waals surface area contributed by atoms with Gasteiger partial charge in [-0.3, -0.25) is 4.79 Å². The average Bonchev–Trinajstić information content (AvgIpc) is 3.01. The maximum atomic E-state index is 12.6. The molecule has 114 valence electrons. The van der Waals surface area contributed by atoms with Crippen molar-refractivity contribution in [3.05, 3.63) is 75.6 Å². The Kier molecular flexibility index (Phi) is 3.67. The van der Waals surface area contributed by atoms with E-state index in [-0.39, 0.29) is 12.1 Å². The van der Waals surface area contributed by atoms with Gasteiger partial charge < -0.3 is 10.6 Å². The van der Waals surface area contributed by atoms with Gasteiger partial charge >= 0.3 is 0 Å². The number of carbonyl (C=O) groups excluding carboxylic acids is 1. The number of hydrogen-bond donors (Lipinski definition) is 2. The van der Waals surface area contributed by atoms with E-state index in [1.165, 1.54) is 0 Å². The van der Waals surface area contributed by atoms with Gasteiger partial charge in [-0.25, -0.2) is 0 Å². The van der Waals surface area contributed by atoms with E-state index >= 15 is 0 Å². The number of nitrogens with one attached hydrogen (secondary N) is 2. The number of carbonyl (C=O) groups is 1. The van der Waals surface area contributed by atoms with Crippen LogP contribution in [-0.2, 0) is 0 Å². The summed E-state index contributed by atoms with van der Waals surface area (Å²) in [4.78, 5) is 12.6. The Hall–Kier alpha value is -2.11. The second-order valence-electron chi connectivity index (χ2n) is 5.32. The molecule has 0 fully saturated rings. The highest BCUT2D eigenvalue weighted by atomic mass is 79.9. The van der Waals surface area contributed by atoms with Crippen LogP contribution in [0.3, 0.4) is 0 Å². The Balaban J connectivity index is 1.70. The van der Waals surface area contributed by atoms with Crippen LogP contribution in [0.25, 0.3) is 11.1 Å². The maximum Gasteiger partial charge on any atom is 0.256 e. The Morgan fingerprint density at radius 2 is 1.70 bits per heavy atom. The van der Waals surface area contributed by atoms with Crippen LogP contribution in [0.15, 0.2) is 64.5 Å². The molecule has 1 aromatic heterocycles. The zero-order chi connectivity index (χ0) is 15.8. The fourth-order valence-corrected chi connectivity index (χ4v) is 3.97. The summed E-state index contributed by atoms with van der Waals surface area (Å²) in [6.45, 7) is 0. The first-order valence-electron chi connectivity index (χ1n) is 7.22. The monoisotopic (exact) mass is 384 g/mol. The van der Waals surface area contributed by atoms with Crippen molar-refractivity contribution in [3.63, 3.8) is 0 Å². The number of hydrogen-bond acceptors (Lipinski definition) is 3. The number of benzene rings is 2. The first kappa shape index (κ1) is 14.5. The molecule has 0 bridgehead atoms. The second-order valence-corrected chi connectivity index (χ2v) is 7.12. The average molecular weight is 385 g/mol. The lowest BCUT2D eigenvalue weighted by atomic mass is 10.0. The quantitative estimate of drug-likeness (QED) is 0.650. The fourth-order valence-electron chi connectivity index (χ4n) is 2.71. The van der Waals surface area contributed by atoms with Gasteiger partial charge in [0.2, 0.25) is 0 Å². The van der Waals surface area contributed by atoms with E-state index in [0.717, 1.165) is 31.7 Å². The van der Waals surface area contributed by atoms with Crippen LogP contribution in [0, 0.1) is 0 Å². The summed E-state index contributed by atoms with van der Waals surface area (Å²) in [5.74, 6) is -0.0354. The third-order valence-corrected chi connectivity index (χ3v) is 5.30. The van der Waals surface area contributed by atoms with Crippen molar-refractivity contribution in [2.45, 2.75) is 6.17 Å². The molecule has 0 radical (unpaired) electrons. The molecule has 1 aliphatic heterocycles. The minimum Gasteiger partial charge on any atom is -0.353 e. The summed E-state index contributed by atoms with van der Waals surface area (Å²) in [7, 11) is 0. The highest BCUT2D eigenvalue weighted by Crippen LogP contribution is 2.39. The molecule has 3 nitrogen and oxygen atoms in total. The molecule has 5 heteroatoms. The lowest BCUT2D eigenvalue weighted by Crippen LogP contribution is -2.37. The van der Waals surface area contributed by atoms with E-state index in [2.05, 4.69) is 26.6 Å². The van der Waals surface area contributed by atoms with Gasteiger partial charge in [0, 0.05) is 15.4 Å². The molecule has 3 aromatic rings. The zero-order valence-electron chi connectivity index (χ0n) is 12.0. The van der Waals surface area contributed by atoms with Crippen molar-refractivity contribution in [1.29, 1.82) is 0 Å². The Bertz CT molecular complexity index is 858. The van der Waals surface area contributed by atoms with Crippen molar-refractivity contribution < 1.29 is 4.79 Å². The predicted octanol–water partition coefficient (Wildman–Crippen LogP) is 5.03. The van der Waals surface area contributed by atoms with Crippen LogP contribution in [0.5, 0.6) is 0 Å². The summed E-state index contributed by atoms with van der Waals surface area (Å²) in [6.07, 6.45) is -0.203. The summed E-state index contributed by atoms with van der Waals surface area (Å²) in [6, 6.07) is 17.9.